The number of anilines is 2. The number of hydrogen-bond acceptors (Lipinski definition) is 8. The van der Waals surface area contributed by atoms with Crippen LogP contribution in [0.4, 0.5) is 15.9 Å². The molecule has 10 heteroatoms. The molecule has 0 amide bonds. The highest BCUT2D eigenvalue weighted by Crippen LogP contribution is 2.34. The topological polar surface area (TPSA) is 88.8 Å². The number of methoxy groups -OCH3 is 2. The Labute approximate surface area is 207 Å². The molecule has 2 aromatic carbocycles. The van der Waals surface area contributed by atoms with Gasteiger partial charge in [0.1, 0.15) is 11.5 Å². The van der Waals surface area contributed by atoms with Crippen LogP contribution < -0.4 is 14.4 Å². The van der Waals surface area contributed by atoms with Gasteiger partial charge in [-0.2, -0.15) is 5.10 Å². The molecule has 0 bridgehead atoms. The minimum absolute atomic E-state index is 0.129. The maximum atomic E-state index is 13.1. The van der Waals surface area contributed by atoms with Crippen LogP contribution in [0.25, 0.3) is 22.3 Å². The van der Waals surface area contributed by atoms with Gasteiger partial charge in [-0.1, -0.05) is 11.8 Å². The fraction of sp³-hybridized carbons (Fsp3) is 0.269. The monoisotopic (exact) mass is 488 g/mol. The van der Waals surface area contributed by atoms with Gasteiger partial charge in [0, 0.05) is 48.4 Å². The third kappa shape index (κ3) is 4.79. The van der Waals surface area contributed by atoms with Crippen molar-refractivity contribution in [1.29, 1.82) is 0 Å². The van der Waals surface area contributed by atoms with E-state index in [1.54, 1.807) is 37.4 Å². The average molecular weight is 489 g/mol. The number of fused-ring (bicyclic) bond motifs is 1. The van der Waals surface area contributed by atoms with E-state index in [2.05, 4.69) is 21.9 Å². The normalized spacial score (nSPS) is 14.6. The van der Waals surface area contributed by atoms with Gasteiger partial charge in [0.2, 0.25) is 0 Å². The number of benzene rings is 2. The molecule has 0 spiro atoms. The van der Waals surface area contributed by atoms with Crippen LogP contribution in [-0.2, 0) is 7.05 Å². The first-order valence-corrected chi connectivity index (χ1v) is 11.3. The Bertz CT molecular complexity index is 1450. The van der Waals surface area contributed by atoms with Gasteiger partial charge in [-0.15, -0.1) is 9.60 Å². The lowest BCUT2D eigenvalue weighted by atomic mass is 9.98. The molecule has 3 heterocycles. The molecule has 0 aliphatic carbocycles. The highest BCUT2D eigenvalue weighted by Gasteiger charge is 2.40. The van der Waals surface area contributed by atoms with Gasteiger partial charge in [0.25, 0.3) is 0 Å². The van der Waals surface area contributed by atoms with Gasteiger partial charge in [0.05, 0.1) is 63.0 Å². The van der Waals surface area contributed by atoms with Crippen molar-refractivity contribution < 1.29 is 19.1 Å². The quantitative estimate of drug-likeness (QED) is 0.327. The molecule has 1 aliphatic heterocycles. The summed E-state index contributed by atoms with van der Waals surface area (Å²) in [6, 6.07) is 11.3. The van der Waals surface area contributed by atoms with Gasteiger partial charge < -0.3 is 19.5 Å². The first-order chi connectivity index (χ1) is 17.4. The molecule has 0 atom stereocenters. The molecule has 0 unspecified atom stereocenters. The smallest absolute Gasteiger partial charge is 0.155 e. The molecule has 184 valence electrons. The van der Waals surface area contributed by atoms with Crippen LogP contribution in [0.2, 0.25) is 0 Å². The van der Waals surface area contributed by atoms with E-state index in [4.69, 9.17) is 14.5 Å². The Morgan fingerprint density at radius 2 is 1.81 bits per heavy atom. The second kappa shape index (κ2) is 9.45. The molecular formula is C26H25FN6O3. The molecule has 4 aromatic rings. The Kier molecular flexibility index (Phi) is 6.18. The minimum atomic E-state index is -1.35. The fourth-order valence-corrected chi connectivity index (χ4v) is 4.02. The van der Waals surface area contributed by atoms with E-state index < -0.39 is 5.60 Å². The molecule has 0 saturated carbocycles. The highest BCUT2D eigenvalue weighted by atomic mass is 19.2. The van der Waals surface area contributed by atoms with Gasteiger partial charge in [-0.05, 0) is 18.2 Å². The van der Waals surface area contributed by atoms with Crippen LogP contribution >= 0.6 is 0 Å². The molecular weight excluding hydrogens is 463 g/mol. The third-order valence-corrected chi connectivity index (χ3v) is 5.91. The van der Waals surface area contributed by atoms with Gasteiger partial charge in [0.15, 0.2) is 5.60 Å². The zero-order valence-electron chi connectivity index (χ0n) is 20.1. The molecule has 5 rings (SSSR count). The zero-order chi connectivity index (χ0) is 25.3. The number of nitrogens with zero attached hydrogens (tertiary/aromatic N) is 6. The van der Waals surface area contributed by atoms with Crippen molar-refractivity contribution >= 4 is 22.4 Å². The molecule has 0 radical (unpaired) electrons. The van der Waals surface area contributed by atoms with Gasteiger partial charge >= 0.3 is 0 Å². The summed E-state index contributed by atoms with van der Waals surface area (Å²) in [7, 11) is 5.02. The molecule has 1 aliphatic rings. The molecule has 36 heavy (non-hydrogen) atoms. The van der Waals surface area contributed by atoms with Crippen molar-refractivity contribution in [2.45, 2.75) is 5.60 Å². The summed E-state index contributed by atoms with van der Waals surface area (Å²) in [6.07, 6.45) is 5.35. The van der Waals surface area contributed by atoms with Crippen molar-refractivity contribution in [2.75, 3.05) is 38.8 Å². The van der Waals surface area contributed by atoms with Crippen molar-refractivity contribution in [3.63, 3.8) is 0 Å². The summed E-state index contributed by atoms with van der Waals surface area (Å²) >= 11 is 0. The zero-order valence-corrected chi connectivity index (χ0v) is 20.1. The van der Waals surface area contributed by atoms with Crippen LogP contribution in [0.1, 0.15) is 0 Å². The van der Waals surface area contributed by atoms with Crippen molar-refractivity contribution in [3.8, 4) is 34.6 Å². The molecule has 1 fully saturated rings. The van der Waals surface area contributed by atoms with Crippen molar-refractivity contribution in [3.05, 3.63) is 55.0 Å². The van der Waals surface area contributed by atoms with E-state index in [0.717, 1.165) is 22.5 Å². The summed E-state index contributed by atoms with van der Waals surface area (Å²) in [5, 5.41) is 15.1. The van der Waals surface area contributed by atoms with Crippen LogP contribution in [0.15, 0.2) is 55.0 Å². The highest BCUT2D eigenvalue weighted by molar-refractivity contribution is 5.83. The van der Waals surface area contributed by atoms with E-state index in [1.807, 2.05) is 48.5 Å². The number of halogens is 1. The number of aliphatic hydroxyl groups is 1. The second-order valence-corrected chi connectivity index (χ2v) is 8.60. The largest absolute Gasteiger partial charge is 0.497 e. The van der Waals surface area contributed by atoms with Crippen LogP contribution in [-0.4, -0.2) is 69.4 Å². The third-order valence-electron chi connectivity index (χ3n) is 5.91. The van der Waals surface area contributed by atoms with Crippen LogP contribution in [0.5, 0.6) is 11.5 Å². The number of ether oxygens (including phenoxy) is 2. The minimum Gasteiger partial charge on any atom is -0.497 e. The number of rotatable bonds is 6. The van der Waals surface area contributed by atoms with Crippen molar-refractivity contribution in [1.82, 2.24) is 24.9 Å². The van der Waals surface area contributed by atoms with Crippen molar-refractivity contribution in [2.24, 2.45) is 7.05 Å². The summed E-state index contributed by atoms with van der Waals surface area (Å²) in [6.45, 7) is -0.0303. The molecule has 9 nitrogen and oxygen atoms in total. The van der Waals surface area contributed by atoms with Crippen LogP contribution in [0.3, 0.4) is 0 Å². The van der Waals surface area contributed by atoms with E-state index >= 15 is 0 Å². The Morgan fingerprint density at radius 3 is 2.44 bits per heavy atom. The lowest BCUT2D eigenvalue weighted by molar-refractivity contribution is -0.153. The summed E-state index contributed by atoms with van der Waals surface area (Å²) < 4.78 is 25.8. The summed E-state index contributed by atoms with van der Waals surface area (Å²) in [5.41, 5.74) is 3.25. The van der Waals surface area contributed by atoms with E-state index in [9.17, 15) is 9.59 Å². The molecule has 2 aromatic heterocycles. The summed E-state index contributed by atoms with van der Waals surface area (Å²) in [5.74, 6) is 7.05. The summed E-state index contributed by atoms with van der Waals surface area (Å²) in [4.78, 5) is 11.3. The standard InChI is InChI=1S/C26H25FN6O3/c1-31-15-18(13-29-31)25-14-28-23-6-5-19(11-24(23)30-25)33(8-4-7-26(34)16-32(27)17-26)20-9-21(35-2)12-22(10-20)36-3/h5-6,9-15,34H,8,16-17H2,1-3H3. The first-order valence-electron chi connectivity index (χ1n) is 11.3. The predicted octanol–water partition coefficient (Wildman–Crippen LogP) is 3.12. The van der Waals surface area contributed by atoms with E-state index in [0.29, 0.717) is 27.8 Å². The maximum Gasteiger partial charge on any atom is 0.155 e. The van der Waals surface area contributed by atoms with Crippen LogP contribution in [0, 0.1) is 11.8 Å². The van der Waals surface area contributed by atoms with E-state index in [1.165, 1.54) is 0 Å². The fourth-order valence-electron chi connectivity index (χ4n) is 4.02. The van der Waals surface area contributed by atoms with E-state index in [-0.39, 0.29) is 19.6 Å². The second-order valence-electron chi connectivity index (χ2n) is 8.60. The average Bonchev–Trinajstić information content (AvgIpc) is 3.31. The molecule has 1 N–H and O–H groups in total. The van der Waals surface area contributed by atoms with Gasteiger partial charge in [-0.25, -0.2) is 4.98 Å². The lowest BCUT2D eigenvalue weighted by Gasteiger charge is -2.36. The number of hydrogen-bond donors (Lipinski definition) is 1. The first kappa shape index (κ1) is 23.5. The molecule has 1 saturated heterocycles. The maximum absolute atomic E-state index is 13.1. The number of aryl methyl sites for hydroxylation is 1. The Morgan fingerprint density at radius 1 is 1.06 bits per heavy atom. The van der Waals surface area contributed by atoms with Gasteiger partial charge in [-0.3, -0.25) is 9.67 Å². The number of aromatic nitrogens is 4. The Balaban J connectivity index is 1.56. The SMILES string of the molecule is COc1cc(OC)cc(N(CC#CC2(O)CN(F)C2)c2ccc3ncc(-c4cnn(C)c4)nc3c2)c1. The predicted molar refractivity (Wildman–Crippen MR) is 134 cm³/mol. The lowest BCUT2D eigenvalue weighted by Crippen LogP contribution is -2.57. The Hall–Kier alpha value is -4.20. The number of β-amino-alcohol motifs (C(OH)–C–C–N with tert-alkyl or cyclic N) is 1.